The molecule has 2 atom stereocenters. The minimum Gasteiger partial charge on any atom is -0.166 e. The number of fused-ring (bicyclic) bond motifs is 2. The van der Waals surface area contributed by atoms with Crippen molar-refractivity contribution in [1.82, 2.24) is 0 Å². The van der Waals surface area contributed by atoms with Crippen LogP contribution in [0.25, 0.3) is 34.4 Å². The molecule has 2 unspecified atom stereocenters. The second kappa shape index (κ2) is 17.6. The summed E-state index contributed by atoms with van der Waals surface area (Å²) < 4.78 is 170. The van der Waals surface area contributed by atoms with E-state index < -0.39 is 56.5 Å². The van der Waals surface area contributed by atoms with Gasteiger partial charge in [0.15, 0.2) is 0 Å². The molecule has 0 fully saturated rings. The molecule has 6 rings (SSSR count). The number of allylic oxidation sites excluding steroid dienone is 2. The number of hydrogen-bond acceptors (Lipinski definition) is 0. The Labute approximate surface area is 363 Å². The monoisotopic (exact) mass is 908 g/mol. The molecule has 4 aromatic rings. The Hall–Kier alpha value is -4.26. The van der Waals surface area contributed by atoms with Crippen molar-refractivity contribution in [2.24, 2.45) is 11.8 Å². The van der Waals surface area contributed by atoms with Gasteiger partial charge in [-0.05, 0) is 129 Å². The summed E-state index contributed by atoms with van der Waals surface area (Å²) in [5.74, 6) is -0.337. The molecule has 0 bridgehead atoms. The lowest BCUT2D eigenvalue weighted by molar-refractivity contribution is -0.144. The summed E-state index contributed by atoms with van der Waals surface area (Å²) in [6, 6.07) is 12.5. The lowest BCUT2D eigenvalue weighted by Crippen LogP contribution is -2.12. The van der Waals surface area contributed by atoms with Gasteiger partial charge in [-0.3, -0.25) is 0 Å². The summed E-state index contributed by atoms with van der Waals surface area (Å²) in [4.78, 5) is 0. The van der Waals surface area contributed by atoms with E-state index >= 15 is 0 Å². The summed E-state index contributed by atoms with van der Waals surface area (Å²) in [7, 11) is -1.04. The van der Waals surface area contributed by atoms with Gasteiger partial charge in [0.05, 0.1) is 22.3 Å². The molecule has 0 aliphatic heterocycles. The maximum atomic E-state index is 14.1. The van der Waals surface area contributed by atoms with E-state index in [0.717, 1.165) is 58.6 Å². The van der Waals surface area contributed by atoms with E-state index in [1.165, 1.54) is 0 Å². The van der Waals surface area contributed by atoms with E-state index in [4.69, 9.17) is 0 Å². The van der Waals surface area contributed by atoms with Gasteiger partial charge >= 0.3 is 24.7 Å². The van der Waals surface area contributed by atoms with Crippen molar-refractivity contribution in [2.75, 3.05) is 0 Å². The number of halogens is 12. The molecule has 0 aromatic heterocycles. The van der Waals surface area contributed by atoms with Gasteiger partial charge in [-0.15, -0.1) is 0 Å². The van der Waals surface area contributed by atoms with Crippen LogP contribution < -0.4 is 0 Å². The third-order valence-corrected chi connectivity index (χ3v) is 14.2. The highest BCUT2D eigenvalue weighted by Gasteiger charge is 2.40. The fourth-order valence-electron chi connectivity index (χ4n) is 9.55. The second-order valence-corrected chi connectivity index (χ2v) is 20.5. The summed E-state index contributed by atoms with van der Waals surface area (Å²) in [6.07, 6.45) is -14.8. The highest BCUT2D eigenvalue weighted by Crippen LogP contribution is 2.52. The molecule has 0 N–H and O–H groups in total. The highest BCUT2D eigenvalue weighted by molar-refractivity contribution is 6.36. The van der Waals surface area contributed by atoms with E-state index in [9.17, 15) is 52.7 Å². The Morgan fingerprint density at radius 3 is 1.00 bits per heavy atom. The van der Waals surface area contributed by atoms with E-state index in [1.807, 2.05) is 91.8 Å². The van der Waals surface area contributed by atoms with Crippen molar-refractivity contribution in [3.63, 3.8) is 0 Å². The summed E-state index contributed by atoms with van der Waals surface area (Å²) in [5, 5.41) is 0. The zero-order chi connectivity index (χ0) is 46.7. The molecule has 0 nitrogen and oxygen atoms in total. The van der Waals surface area contributed by atoms with Gasteiger partial charge in [-0.1, -0.05) is 115 Å². The van der Waals surface area contributed by atoms with Crippen LogP contribution in [0.5, 0.6) is 0 Å². The Morgan fingerprint density at radius 1 is 0.444 bits per heavy atom. The summed E-state index contributed by atoms with van der Waals surface area (Å²) in [5.41, 5.74) is 1.19. The largest absolute Gasteiger partial charge is 0.416 e. The minimum atomic E-state index is -5.02. The van der Waals surface area contributed by atoms with E-state index in [1.54, 1.807) is 0 Å². The predicted molar refractivity (Wildman–Crippen MR) is 230 cm³/mol. The van der Waals surface area contributed by atoms with Crippen molar-refractivity contribution >= 4 is 21.7 Å². The lowest BCUT2D eigenvalue weighted by Gasteiger charge is -2.24. The Morgan fingerprint density at radius 2 is 0.746 bits per heavy atom. The van der Waals surface area contributed by atoms with Crippen LogP contribution in [0.2, 0.25) is 12.1 Å². The van der Waals surface area contributed by atoms with Crippen LogP contribution in [-0.4, -0.2) is 9.52 Å². The van der Waals surface area contributed by atoms with E-state index in [0.29, 0.717) is 46.2 Å². The standard InChI is InChI=1S/C50H52F12Si/c1-25(2)13-29-19-41-39(11-9-37(27(5)6)45(41)31-15-33(47(51,52)53)21-34(16-31)48(54,55)56)43(29)23-63-24-44-30(14-26(3)4)20-42-40(44)12-10-38(28(7)8)46(42)32-17-35(49(57,58)59)22-36(18-32)50(60,61)62/h9-12,15-22,25-28,43-44H,13-14,23-24,63H2,1-8H3. The number of hydrogen-bond donors (Lipinski definition) is 0. The van der Waals surface area contributed by atoms with Crippen molar-refractivity contribution < 1.29 is 52.7 Å². The topological polar surface area (TPSA) is 0 Å². The molecule has 4 aromatic carbocycles. The van der Waals surface area contributed by atoms with Gasteiger partial charge in [0.2, 0.25) is 0 Å². The van der Waals surface area contributed by atoms with Crippen LogP contribution in [0.15, 0.2) is 71.8 Å². The molecule has 2 aliphatic carbocycles. The first-order valence-corrected chi connectivity index (χ1v) is 23.4. The van der Waals surface area contributed by atoms with Gasteiger partial charge < -0.3 is 0 Å². The molecule has 0 saturated heterocycles. The second-order valence-electron chi connectivity index (χ2n) is 18.6. The van der Waals surface area contributed by atoms with E-state index in [2.05, 4.69) is 0 Å². The molecule has 2 aliphatic rings. The van der Waals surface area contributed by atoms with Gasteiger partial charge in [0, 0.05) is 21.4 Å². The number of benzene rings is 4. The first-order valence-electron chi connectivity index (χ1n) is 21.4. The summed E-state index contributed by atoms with van der Waals surface area (Å²) >= 11 is 0. The molecule has 0 radical (unpaired) electrons. The molecule has 0 saturated carbocycles. The SMILES string of the molecule is CC(C)CC1=Cc2c(ccc(C(C)C)c2-c2cc(C(F)(F)F)cc(C(F)(F)F)c2)C1C[SiH2]CC1C(CC(C)C)=Cc2c1ccc(C(C)C)c2-c1cc(C(F)(F)F)cc(C(F)(F)F)c1. The van der Waals surface area contributed by atoms with Gasteiger partial charge in [0.25, 0.3) is 0 Å². The molecule has 13 heteroatoms. The Kier molecular flexibility index (Phi) is 13.5. The van der Waals surface area contributed by atoms with Crippen LogP contribution in [-0.2, 0) is 24.7 Å². The average molecular weight is 909 g/mol. The molecule has 0 heterocycles. The predicted octanol–water partition coefficient (Wildman–Crippen LogP) is 17.1. The fourth-order valence-corrected chi connectivity index (χ4v) is 12.0. The minimum absolute atomic E-state index is 0.134. The molecular weight excluding hydrogens is 857 g/mol. The number of alkyl halides is 12. The third-order valence-electron chi connectivity index (χ3n) is 12.2. The zero-order valence-corrected chi connectivity index (χ0v) is 37.9. The van der Waals surface area contributed by atoms with E-state index in [-0.39, 0.29) is 58.8 Å². The Bertz CT molecular complexity index is 2170. The molecule has 340 valence electrons. The smallest absolute Gasteiger partial charge is 0.166 e. The van der Waals surface area contributed by atoms with Gasteiger partial charge in [0.1, 0.15) is 0 Å². The average Bonchev–Trinajstić information content (AvgIpc) is 3.67. The van der Waals surface area contributed by atoms with Crippen LogP contribution in [0, 0.1) is 11.8 Å². The van der Waals surface area contributed by atoms with Crippen LogP contribution in [0.1, 0.15) is 148 Å². The van der Waals surface area contributed by atoms with Crippen molar-refractivity contribution in [3.05, 3.63) is 127 Å². The highest BCUT2D eigenvalue weighted by atomic mass is 28.2. The molecule has 63 heavy (non-hydrogen) atoms. The van der Waals surface area contributed by atoms with Crippen molar-refractivity contribution in [1.29, 1.82) is 0 Å². The lowest BCUT2D eigenvalue weighted by atomic mass is 9.84. The van der Waals surface area contributed by atoms with Crippen molar-refractivity contribution in [2.45, 2.75) is 129 Å². The first kappa shape index (κ1) is 48.2. The molecule has 0 amide bonds. The van der Waals surface area contributed by atoms with Crippen LogP contribution >= 0.6 is 0 Å². The zero-order valence-electron chi connectivity index (χ0n) is 36.5. The quantitative estimate of drug-likeness (QED) is 0.0981. The Balaban J connectivity index is 1.43. The van der Waals surface area contributed by atoms with Gasteiger partial charge in [-0.2, -0.15) is 52.7 Å². The maximum absolute atomic E-state index is 14.1. The molecular formula is C50H52F12Si. The third kappa shape index (κ3) is 10.3. The molecule has 0 spiro atoms. The van der Waals surface area contributed by atoms with Crippen LogP contribution in [0.3, 0.4) is 0 Å². The first-order chi connectivity index (χ1) is 29.1. The van der Waals surface area contributed by atoms with Crippen molar-refractivity contribution in [3.8, 4) is 22.3 Å². The van der Waals surface area contributed by atoms with Gasteiger partial charge in [-0.25, -0.2) is 0 Å². The number of rotatable bonds is 12. The fraction of sp³-hybridized carbons (Fsp3) is 0.440. The maximum Gasteiger partial charge on any atom is 0.416 e. The normalized spacial score (nSPS) is 17.2. The summed E-state index contributed by atoms with van der Waals surface area (Å²) in [6.45, 7) is 15.6. The van der Waals surface area contributed by atoms with Crippen LogP contribution in [0.4, 0.5) is 52.7 Å².